The summed E-state index contributed by atoms with van der Waals surface area (Å²) in [6, 6.07) is 1.84. The SMILES string of the molecule is CCc1c[nH]c2cc(NC(C)=O)ncc12. The van der Waals surface area contributed by atoms with Crippen LogP contribution in [0, 0.1) is 0 Å². The van der Waals surface area contributed by atoms with Crippen molar-refractivity contribution in [3.63, 3.8) is 0 Å². The first kappa shape index (κ1) is 9.71. The molecule has 0 saturated heterocycles. The second-order valence-corrected chi connectivity index (χ2v) is 3.46. The fourth-order valence-corrected chi connectivity index (χ4v) is 1.61. The molecule has 0 aliphatic carbocycles. The van der Waals surface area contributed by atoms with Crippen LogP contribution in [-0.4, -0.2) is 15.9 Å². The van der Waals surface area contributed by atoms with Gasteiger partial charge in [-0.1, -0.05) is 6.92 Å². The fraction of sp³-hybridized carbons (Fsp3) is 0.273. The number of H-pyrrole nitrogens is 1. The Morgan fingerprint density at radius 2 is 2.40 bits per heavy atom. The molecule has 0 aromatic carbocycles. The van der Waals surface area contributed by atoms with E-state index in [-0.39, 0.29) is 5.91 Å². The van der Waals surface area contributed by atoms with Crippen molar-refractivity contribution >= 4 is 22.6 Å². The molecule has 0 atom stereocenters. The lowest BCUT2D eigenvalue weighted by Gasteiger charge is -2.00. The number of hydrogen-bond acceptors (Lipinski definition) is 2. The molecule has 78 valence electrons. The van der Waals surface area contributed by atoms with Gasteiger partial charge in [-0.05, 0) is 12.0 Å². The molecule has 15 heavy (non-hydrogen) atoms. The molecular weight excluding hydrogens is 190 g/mol. The van der Waals surface area contributed by atoms with E-state index in [4.69, 9.17) is 0 Å². The van der Waals surface area contributed by atoms with Crippen LogP contribution < -0.4 is 5.32 Å². The minimum absolute atomic E-state index is 0.107. The second-order valence-electron chi connectivity index (χ2n) is 3.46. The van der Waals surface area contributed by atoms with Gasteiger partial charge in [-0.15, -0.1) is 0 Å². The monoisotopic (exact) mass is 203 g/mol. The van der Waals surface area contributed by atoms with Crippen molar-refractivity contribution in [3.05, 3.63) is 24.0 Å². The average Bonchev–Trinajstić information content (AvgIpc) is 2.58. The Morgan fingerprint density at radius 1 is 1.60 bits per heavy atom. The highest BCUT2D eigenvalue weighted by atomic mass is 16.1. The van der Waals surface area contributed by atoms with Gasteiger partial charge in [0.05, 0.1) is 5.52 Å². The van der Waals surface area contributed by atoms with Gasteiger partial charge < -0.3 is 10.3 Å². The maximum atomic E-state index is 10.8. The van der Waals surface area contributed by atoms with Crippen LogP contribution in [0.15, 0.2) is 18.5 Å². The molecule has 0 aliphatic rings. The highest BCUT2D eigenvalue weighted by molar-refractivity contribution is 5.91. The van der Waals surface area contributed by atoms with E-state index in [1.165, 1.54) is 12.5 Å². The van der Waals surface area contributed by atoms with Gasteiger partial charge in [-0.2, -0.15) is 0 Å². The molecule has 4 heteroatoms. The van der Waals surface area contributed by atoms with Crippen molar-refractivity contribution in [2.75, 3.05) is 5.32 Å². The number of fused-ring (bicyclic) bond motifs is 1. The number of aromatic amines is 1. The van der Waals surface area contributed by atoms with Gasteiger partial charge in [0.25, 0.3) is 0 Å². The Kier molecular flexibility index (Phi) is 2.41. The molecule has 0 bridgehead atoms. The lowest BCUT2D eigenvalue weighted by atomic mass is 10.2. The van der Waals surface area contributed by atoms with Gasteiger partial charge in [0, 0.05) is 30.8 Å². The highest BCUT2D eigenvalue weighted by Crippen LogP contribution is 2.19. The number of hydrogen-bond donors (Lipinski definition) is 2. The summed E-state index contributed by atoms with van der Waals surface area (Å²) in [5.41, 5.74) is 2.25. The predicted octanol–water partition coefficient (Wildman–Crippen LogP) is 2.08. The van der Waals surface area contributed by atoms with Crippen LogP contribution in [0.2, 0.25) is 0 Å². The molecular formula is C11H13N3O. The molecule has 0 radical (unpaired) electrons. The summed E-state index contributed by atoms with van der Waals surface area (Å²) in [5, 5.41) is 3.77. The van der Waals surface area contributed by atoms with Gasteiger partial charge in [-0.3, -0.25) is 4.79 Å². The van der Waals surface area contributed by atoms with Crippen molar-refractivity contribution in [2.24, 2.45) is 0 Å². The number of nitrogens with zero attached hydrogens (tertiary/aromatic N) is 1. The maximum Gasteiger partial charge on any atom is 0.222 e. The standard InChI is InChI=1S/C11H13N3O/c1-3-8-5-12-10-4-11(14-7(2)15)13-6-9(8)10/h4-6,12H,3H2,1-2H3,(H,13,14,15). The number of pyridine rings is 1. The zero-order chi connectivity index (χ0) is 10.8. The van der Waals surface area contributed by atoms with Crippen molar-refractivity contribution < 1.29 is 4.79 Å². The molecule has 4 nitrogen and oxygen atoms in total. The molecule has 2 heterocycles. The topological polar surface area (TPSA) is 57.8 Å². The van der Waals surface area contributed by atoms with Gasteiger partial charge in [0.1, 0.15) is 5.82 Å². The zero-order valence-corrected chi connectivity index (χ0v) is 8.79. The van der Waals surface area contributed by atoms with Crippen molar-refractivity contribution in [1.82, 2.24) is 9.97 Å². The third kappa shape index (κ3) is 1.83. The lowest BCUT2D eigenvalue weighted by Crippen LogP contribution is -2.06. The maximum absolute atomic E-state index is 10.8. The number of aryl methyl sites for hydroxylation is 1. The molecule has 2 N–H and O–H groups in total. The number of carbonyl (C=O) groups excluding carboxylic acids is 1. The van der Waals surface area contributed by atoms with Crippen molar-refractivity contribution in [2.45, 2.75) is 20.3 Å². The Morgan fingerprint density at radius 3 is 3.07 bits per heavy atom. The molecule has 0 spiro atoms. The Labute approximate surface area is 87.7 Å². The van der Waals surface area contributed by atoms with Crippen molar-refractivity contribution in [3.8, 4) is 0 Å². The molecule has 0 saturated carbocycles. The number of anilines is 1. The van der Waals surface area contributed by atoms with E-state index in [2.05, 4.69) is 22.2 Å². The Hall–Kier alpha value is -1.84. The average molecular weight is 203 g/mol. The van der Waals surface area contributed by atoms with Gasteiger partial charge in [0.15, 0.2) is 0 Å². The summed E-state index contributed by atoms with van der Waals surface area (Å²) >= 11 is 0. The van der Waals surface area contributed by atoms with Gasteiger partial charge in [-0.25, -0.2) is 4.98 Å². The fourth-order valence-electron chi connectivity index (χ4n) is 1.61. The minimum Gasteiger partial charge on any atom is -0.361 e. The second kappa shape index (κ2) is 3.73. The molecule has 0 fully saturated rings. The van der Waals surface area contributed by atoms with Gasteiger partial charge in [0.2, 0.25) is 5.91 Å². The first-order valence-corrected chi connectivity index (χ1v) is 4.94. The van der Waals surface area contributed by atoms with Crippen LogP contribution in [0.3, 0.4) is 0 Å². The summed E-state index contributed by atoms with van der Waals surface area (Å²) in [5.74, 6) is 0.476. The summed E-state index contributed by atoms with van der Waals surface area (Å²) in [7, 11) is 0. The van der Waals surface area contributed by atoms with E-state index in [1.54, 1.807) is 6.20 Å². The highest BCUT2D eigenvalue weighted by Gasteiger charge is 2.04. The Balaban J connectivity index is 2.44. The van der Waals surface area contributed by atoms with E-state index < -0.39 is 0 Å². The summed E-state index contributed by atoms with van der Waals surface area (Å²) in [6.45, 7) is 3.57. The van der Waals surface area contributed by atoms with Crippen LogP contribution in [0.4, 0.5) is 5.82 Å². The van der Waals surface area contributed by atoms with Crippen molar-refractivity contribution in [1.29, 1.82) is 0 Å². The lowest BCUT2D eigenvalue weighted by molar-refractivity contribution is -0.114. The van der Waals surface area contributed by atoms with E-state index in [1.807, 2.05) is 12.3 Å². The molecule has 2 rings (SSSR count). The van der Waals surface area contributed by atoms with E-state index >= 15 is 0 Å². The van der Waals surface area contributed by atoms with E-state index in [0.717, 1.165) is 17.3 Å². The van der Waals surface area contributed by atoms with Crippen LogP contribution in [0.1, 0.15) is 19.4 Å². The number of amides is 1. The Bertz CT molecular complexity index is 502. The van der Waals surface area contributed by atoms with Crippen LogP contribution >= 0.6 is 0 Å². The summed E-state index contributed by atoms with van der Waals surface area (Å²) in [4.78, 5) is 18.2. The zero-order valence-electron chi connectivity index (χ0n) is 8.79. The molecule has 2 aromatic heterocycles. The predicted molar refractivity (Wildman–Crippen MR) is 59.8 cm³/mol. The minimum atomic E-state index is -0.107. The van der Waals surface area contributed by atoms with Crippen LogP contribution in [0.25, 0.3) is 10.9 Å². The number of nitrogens with one attached hydrogen (secondary N) is 2. The van der Waals surface area contributed by atoms with Gasteiger partial charge >= 0.3 is 0 Å². The number of rotatable bonds is 2. The third-order valence-corrected chi connectivity index (χ3v) is 2.34. The molecule has 0 aliphatic heterocycles. The quantitative estimate of drug-likeness (QED) is 0.785. The first-order valence-electron chi connectivity index (χ1n) is 4.94. The normalized spacial score (nSPS) is 10.5. The molecule has 0 unspecified atom stereocenters. The van der Waals surface area contributed by atoms with Crippen LogP contribution in [-0.2, 0) is 11.2 Å². The summed E-state index contributed by atoms with van der Waals surface area (Å²) in [6.07, 6.45) is 4.74. The molecule has 1 amide bonds. The number of carbonyl (C=O) groups is 1. The van der Waals surface area contributed by atoms with Crippen LogP contribution in [0.5, 0.6) is 0 Å². The molecule has 2 aromatic rings. The van der Waals surface area contributed by atoms with E-state index in [9.17, 15) is 4.79 Å². The first-order chi connectivity index (χ1) is 7.20. The summed E-state index contributed by atoms with van der Waals surface area (Å²) < 4.78 is 0. The van der Waals surface area contributed by atoms with E-state index in [0.29, 0.717) is 5.82 Å². The number of aromatic nitrogens is 2. The smallest absolute Gasteiger partial charge is 0.222 e. The third-order valence-electron chi connectivity index (χ3n) is 2.34. The largest absolute Gasteiger partial charge is 0.361 e.